The molecule has 1 aliphatic heterocycles. The second kappa shape index (κ2) is 8.93. The normalized spacial score (nSPS) is 19.5. The van der Waals surface area contributed by atoms with Crippen LogP contribution in [0.5, 0.6) is 0 Å². The average molecular weight is 367 g/mol. The van der Waals surface area contributed by atoms with Crippen LogP contribution in [-0.2, 0) is 11.3 Å². The van der Waals surface area contributed by atoms with Gasteiger partial charge in [-0.05, 0) is 26.0 Å². The van der Waals surface area contributed by atoms with Crippen molar-refractivity contribution in [1.82, 2.24) is 0 Å². The molecule has 1 amide bonds. The molecule has 3 rings (SSSR count). The molecule has 0 radical (unpaired) electrons. The maximum absolute atomic E-state index is 12.3. The van der Waals surface area contributed by atoms with Crippen molar-refractivity contribution in [2.24, 2.45) is 0 Å². The Kier molecular flexibility index (Phi) is 6.37. The number of aryl methyl sites for hydroxylation is 1. The number of piperazine rings is 1. The molecular formula is C22H29N3O2+2. The predicted molar refractivity (Wildman–Crippen MR) is 106 cm³/mol. The number of anilines is 1. The van der Waals surface area contributed by atoms with Crippen molar-refractivity contribution in [3.05, 3.63) is 65.2 Å². The maximum atomic E-state index is 12.3. The number of carbonyl (C=O) groups excluding carboxylic acids is 2. The zero-order valence-electron chi connectivity index (χ0n) is 16.2. The Morgan fingerprint density at radius 1 is 0.963 bits per heavy atom. The van der Waals surface area contributed by atoms with Gasteiger partial charge in [-0.2, -0.15) is 0 Å². The minimum Gasteiger partial charge on any atom is -0.322 e. The van der Waals surface area contributed by atoms with E-state index >= 15 is 0 Å². The molecule has 0 aromatic heterocycles. The van der Waals surface area contributed by atoms with Gasteiger partial charge in [0.1, 0.15) is 32.7 Å². The summed E-state index contributed by atoms with van der Waals surface area (Å²) in [5.41, 5.74) is 4.00. The lowest BCUT2D eigenvalue weighted by Gasteiger charge is -2.29. The van der Waals surface area contributed by atoms with E-state index in [-0.39, 0.29) is 11.7 Å². The molecule has 0 unspecified atom stereocenters. The van der Waals surface area contributed by atoms with E-state index in [1.54, 1.807) is 23.1 Å². The molecule has 0 bridgehead atoms. The Bertz CT molecular complexity index is 811. The fourth-order valence-corrected chi connectivity index (χ4v) is 3.67. The fourth-order valence-electron chi connectivity index (χ4n) is 3.67. The van der Waals surface area contributed by atoms with E-state index in [1.807, 2.05) is 6.07 Å². The summed E-state index contributed by atoms with van der Waals surface area (Å²) in [6.45, 7) is 9.35. The van der Waals surface area contributed by atoms with E-state index in [2.05, 4.69) is 36.5 Å². The molecule has 0 aliphatic carbocycles. The second-order valence-electron chi connectivity index (χ2n) is 7.53. The first kappa shape index (κ1) is 19.3. The number of carbonyl (C=O) groups is 2. The molecule has 27 heavy (non-hydrogen) atoms. The molecule has 0 atom stereocenters. The summed E-state index contributed by atoms with van der Waals surface area (Å²) in [4.78, 5) is 26.7. The first-order valence-corrected chi connectivity index (χ1v) is 9.63. The third-order valence-corrected chi connectivity index (χ3v) is 5.16. The summed E-state index contributed by atoms with van der Waals surface area (Å²) in [6.07, 6.45) is 0. The van der Waals surface area contributed by atoms with Crippen LogP contribution in [0.3, 0.4) is 0 Å². The quantitative estimate of drug-likeness (QED) is 0.636. The Morgan fingerprint density at radius 3 is 2.37 bits per heavy atom. The molecule has 2 aromatic carbocycles. The zero-order chi connectivity index (χ0) is 19.2. The van der Waals surface area contributed by atoms with Gasteiger partial charge in [0.05, 0.1) is 0 Å². The van der Waals surface area contributed by atoms with Crippen LogP contribution in [0.25, 0.3) is 0 Å². The molecule has 142 valence electrons. The second-order valence-corrected chi connectivity index (χ2v) is 7.53. The van der Waals surface area contributed by atoms with Crippen molar-refractivity contribution in [1.29, 1.82) is 0 Å². The Morgan fingerprint density at radius 2 is 1.67 bits per heavy atom. The topological polar surface area (TPSA) is 55.0 Å². The lowest BCUT2D eigenvalue weighted by atomic mass is 10.1. The van der Waals surface area contributed by atoms with Crippen LogP contribution in [0.15, 0.2) is 48.5 Å². The minimum atomic E-state index is 0.00410. The zero-order valence-corrected chi connectivity index (χ0v) is 16.2. The lowest BCUT2D eigenvalue weighted by molar-refractivity contribution is -1.02. The van der Waals surface area contributed by atoms with E-state index < -0.39 is 0 Å². The highest BCUT2D eigenvalue weighted by Gasteiger charge is 2.24. The molecule has 2 aromatic rings. The van der Waals surface area contributed by atoms with E-state index in [4.69, 9.17) is 0 Å². The van der Waals surface area contributed by atoms with Gasteiger partial charge in [0.25, 0.3) is 5.91 Å². The van der Waals surface area contributed by atoms with E-state index in [9.17, 15) is 9.59 Å². The van der Waals surface area contributed by atoms with Gasteiger partial charge < -0.3 is 15.1 Å². The summed E-state index contributed by atoms with van der Waals surface area (Å²) in [6, 6.07) is 15.8. The first-order valence-electron chi connectivity index (χ1n) is 9.63. The molecular weight excluding hydrogens is 338 g/mol. The van der Waals surface area contributed by atoms with Gasteiger partial charge in [-0.25, -0.2) is 0 Å². The van der Waals surface area contributed by atoms with E-state index in [1.165, 1.54) is 23.0 Å². The van der Waals surface area contributed by atoms with Gasteiger partial charge in [0.2, 0.25) is 0 Å². The van der Waals surface area contributed by atoms with Crippen molar-refractivity contribution < 1.29 is 19.4 Å². The lowest BCUT2D eigenvalue weighted by Crippen LogP contribution is -3.28. The Labute approximate surface area is 161 Å². The number of amides is 1. The van der Waals surface area contributed by atoms with E-state index in [0.29, 0.717) is 17.8 Å². The third-order valence-electron chi connectivity index (χ3n) is 5.16. The van der Waals surface area contributed by atoms with Crippen molar-refractivity contribution >= 4 is 17.4 Å². The van der Waals surface area contributed by atoms with Crippen molar-refractivity contribution in [2.75, 3.05) is 38.0 Å². The number of Topliss-reactive ketones (excluding diaryl/α,β-unsaturated/α-hetero) is 1. The van der Waals surface area contributed by atoms with Gasteiger partial charge in [0, 0.05) is 16.8 Å². The number of hydrogen-bond acceptors (Lipinski definition) is 2. The smallest absolute Gasteiger partial charge is 0.279 e. The number of quaternary nitrogens is 2. The Balaban J connectivity index is 1.45. The average Bonchev–Trinajstić information content (AvgIpc) is 2.63. The molecule has 0 spiro atoms. The van der Waals surface area contributed by atoms with Crippen LogP contribution < -0.4 is 15.1 Å². The summed E-state index contributed by atoms with van der Waals surface area (Å²) < 4.78 is 0. The van der Waals surface area contributed by atoms with Crippen LogP contribution >= 0.6 is 0 Å². The van der Waals surface area contributed by atoms with Crippen LogP contribution in [0.4, 0.5) is 5.69 Å². The van der Waals surface area contributed by atoms with Crippen LogP contribution in [0.1, 0.15) is 28.4 Å². The van der Waals surface area contributed by atoms with Gasteiger partial charge in [0.15, 0.2) is 12.3 Å². The molecule has 1 heterocycles. The van der Waals surface area contributed by atoms with Gasteiger partial charge in [-0.15, -0.1) is 0 Å². The molecule has 1 saturated heterocycles. The summed E-state index contributed by atoms with van der Waals surface area (Å²) in [7, 11) is 0. The van der Waals surface area contributed by atoms with Gasteiger partial charge >= 0.3 is 0 Å². The number of nitrogens with one attached hydrogen (secondary N) is 3. The molecule has 0 saturated carbocycles. The molecule has 1 aliphatic rings. The van der Waals surface area contributed by atoms with Crippen molar-refractivity contribution in [2.45, 2.75) is 20.4 Å². The molecule has 5 nitrogen and oxygen atoms in total. The SMILES string of the molecule is CC(=O)c1cccc(NC(=O)C[NH+]2CC[NH+](Cc3cccc(C)c3)CC2)c1. The summed E-state index contributed by atoms with van der Waals surface area (Å²) in [5, 5.41) is 2.92. The summed E-state index contributed by atoms with van der Waals surface area (Å²) in [5.74, 6) is 0.0114. The number of rotatable bonds is 6. The first-order chi connectivity index (χ1) is 13.0. The third kappa shape index (κ3) is 5.74. The number of hydrogen-bond donors (Lipinski definition) is 3. The highest BCUT2D eigenvalue weighted by Crippen LogP contribution is 2.10. The van der Waals surface area contributed by atoms with Crippen LogP contribution in [-0.4, -0.2) is 44.4 Å². The van der Waals surface area contributed by atoms with Crippen LogP contribution in [0.2, 0.25) is 0 Å². The maximum Gasteiger partial charge on any atom is 0.279 e. The van der Waals surface area contributed by atoms with Gasteiger partial charge in [-0.1, -0.05) is 42.0 Å². The Hall–Kier alpha value is -2.50. The van der Waals surface area contributed by atoms with E-state index in [0.717, 1.165) is 32.7 Å². The molecule has 1 fully saturated rings. The largest absolute Gasteiger partial charge is 0.322 e. The number of benzene rings is 2. The summed E-state index contributed by atoms with van der Waals surface area (Å²) >= 11 is 0. The van der Waals surface area contributed by atoms with Crippen LogP contribution in [0, 0.1) is 6.92 Å². The minimum absolute atomic E-state index is 0.00410. The highest BCUT2D eigenvalue weighted by molar-refractivity contribution is 5.97. The fraction of sp³-hybridized carbons (Fsp3) is 0.364. The number of ketones is 1. The van der Waals surface area contributed by atoms with Crippen molar-refractivity contribution in [3.8, 4) is 0 Å². The highest BCUT2D eigenvalue weighted by atomic mass is 16.2. The molecule has 5 heteroatoms. The monoisotopic (exact) mass is 367 g/mol. The standard InChI is InChI=1S/C22H27N3O2/c1-17-5-3-6-19(13-17)15-24-9-11-25(12-10-24)16-22(27)23-21-8-4-7-20(14-21)18(2)26/h3-8,13-14H,9-12,15-16H2,1-2H3,(H,23,27)/p+2. The molecule has 3 N–H and O–H groups in total. The van der Waals surface area contributed by atoms with Crippen molar-refractivity contribution in [3.63, 3.8) is 0 Å². The van der Waals surface area contributed by atoms with Gasteiger partial charge in [-0.3, -0.25) is 9.59 Å². The predicted octanol–water partition coefficient (Wildman–Crippen LogP) is 0.120.